The molecule has 5 nitrogen and oxygen atoms in total. The fraction of sp³-hybridized carbons (Fsp3) is 0.727. The number of aliphatic hydroxyl groups is 3. The Balaban J connectivity index is 1.78. The maximum Gasteiger partial charge on any atom is 0.190 e. The average Bonchev–Trinajstić information content (AvgIpc) is 2.82. The van der Waals surface area contributed by atoms with Crippen LogP contribution in [0.1, 0.15) is 46.5 Å². The molecule has 0 aromatic heterocycles. The van der Waals surface area contributed by atoms with E-state index in [0.29, 0.717) is 12.8 Å². The molecule has 5 heteroatoms. The summed E-state index contributed by atoms with van der Waals surface area (Å²) in [5.41, 5.74) is -1.62. The molecule has 3 N–H and O–H groups in total. The lowest BCUT2D eigenvalue weighted by molar-refractivity contribution is -0.183. The lowest BCUT2D eigenvalue weighted by atomic mass is 9.46. The highest BCUT2D eigenvalue weighted by molar-refractivity contribution is 6.01. The zero-order valence-electron chi connectivity index (χ0n) is 16.3. The number of fused-ring (bicyclic) bond motifs is 5. The van der Waals surface area contributed by atoms with Gasteiger partial charge in [-0.1, -0.05) is 32.4 Å². The number of rotatable bonds is 2. The minimum atomic E-state index is -1.60. The Kier molecular flexibility index (Phi) is 4.12. The molecule has 0 spiro atoms. The van der Waals surface area contributed by atoms with Crippen LogP contribution in [0.5, 0.6) is 0 Å². The van der Waals surface area contributed by atoms with Crippen molar-refractivity contribution in [3.8, 4) is 0 Å². The average molecular weight is 374 g/mol. The van der Waals surface area contributed by atoms with Crippen LogP contribution in [0.2, 0.25) is 0 Å². The molecule has 0 radical (unpaired) electrons. The molecule has 0 aliphatic heterocycles. The summed E-state index contributed by atoms with van der Waals surface area (Å²) in [5, 5.41) is 32.1. The van der Waals surface area contributed by atoms with E-state index in [2.05, 4.69) is 6.92 Å². The molecule has 0 bridgehead atoms. The Morgan fingerprint density at radius 3 is 2.70 bits per heavy atom. The van der Waals surface area contributed by atoms with Gasteiger partial charge in [-0.2, -0.15) is 0 Å². The molecule has 0 heterocycles. The maximum atomic E-state index is 12.6. The van der Waals surface area contributed by atoms with Crippen LogP contribution >= 0.6 is 0 Å². The second-order valence-corrected chi connectivity index (χ2v) is 9.70. The zero-order valence-corrected chi connectivity index (χ0v) is 16.3. The quantitative estimate of drug-likeness (QED) is 0.685. The molecule has 3 saturated carbocycles. The summed E-state index contributed by atoms with van der Waals surface area (Å²) in [6.45, 7) is 5.23. The molecule has 4 aliphatic carbocycles. The fourth-order valence-electron chi connectivity index (χ4n) is 7.37. The zero-order chi connectivity index (χ0) is 19.8. The molecule has 1 unspecified atom stereocenters. The lowest BCUT2D eigenvalue weighted by Crippen LogP contribution is -2.62. The van der Waals surface area contributed by atoms with E-state index in [0.717, 1.165) is 18.4 Å². The standard InChI is InChI=1S/C22H30O5/c1-12-8-16-15-5-4-13-9-14(24)6-7-20(13,2)19(15)17(25)10-21(16,3)22(12,27)18(26)11-23/h6-7,9,12,15-17,19,23,25,27H,4-5,8,10-11H2,1-3H3/t12?,15-,16-,17-,19+,20-,21-,22-/m0/s1. The monoisotopic (exact) mass is 374 g/mol. The molecule has 0 saturated heterocycles. The molecule has 0 aromatic carbocycles. The van der Waals surface area contributed by atoms with Crippen molar-refractivity contribution in [1.29, 1.82) is 0 Å². The first-order valence-corrected chi connectivity index (χ1v) is 10.1. The molecular formula is C22H30O5. The van der Waals surface area contributed by atoms with E-state index in [4.69, 9.17) is 0 Å². The summed E-state index contributed by atoms with van der Waals surface area (Å²) in [7, 11) is 0. The van der Waals surface area contributed by atoms with Crippen molar-refractivity contribution in [2.75, 3.05) is 6.61 Å². The summed E-state index contributed by atoms with van der Waals surface area (Å²) in [5.74, 6) is -0.539. The topological polar surface area (TPSA) is 94.8 Å². The third kappa shape index (κ3) is 2.22. The Morgan fingerprint density at radius 2 is 2.04 bits per heavy atom. The van der Waals surface area contributed by atoms with E-state index < -0.39 is 29.5 Å². The van der Waals surface area contributed by atoms with Gasteiger partial charge in [0.05, 0.1) is 6.10 Å². The highest BCUT2D eigenvalue weighted by Crippen LogP contribution is 2.68. The number of allylic oxidation sites excluding steroid dienone is 4. The van der Waals surface area contributed by atoms with Gasteiger partial charge in [0.15, 0.2) is 11.6 Å². The molecular weight excluding hydrogens is 344 g/mol. The summed E-state index contributed by atoms with van der Waals surface area (Å²) >= 11 is 0. The second-order valence-electron chi connectivity index (χ2n) is 9.70. The molecule has 148 valence electrons. The Hall–Kier alpha value is -1.30. The van der Waals surface area contributed by atoms with E-state index in [1.807, 2.05) is 19.9 Å². The Bertz CT molecular complexity index is 754. The first-order valence-electron chi connectivity index (χ1n) is 10.1. The normalized spacial score (nSPS) is 51.3. The van der Waals surface area contributed by atoms with Crippen LogP contribution in [0.4, 0.5) is 0 Å². The first kappa shape index (κ1) is 19.0. The number of carbonyl (C=O) groups is 2. The summed E-state index contributed by atoms with van der Waals surface area (Å²) in [6, 6.07) is 0. The van der Waals surface area contributed by atoms with Crippen LogP contribution in [0.25, 0.3) is 0 Å². The van der Waals surface area contributed by atoms with Gasteiger partial charge in [-0.25, -0.2) is 0 Å². The van der Waals surface area contributed by atoms with Crippen LogP contribution in [0.3, 0.4) is 0 Å². The van der Waals surface area contributed by atoms with Crippen LogP contribution in [-0.2, 0) is 9.59 Å². The molecule has 0 aromatic rings. The minimum absolute atomic E-state index is 0.00784. The van der Waals surface area contributed by atoms with Gasteiger partial charge in [0.25, 0.3) is 0 Å². The highest BCUT2D eigenvalue weighted by Gasteiger charge is 2.70. The molecule has 0 amide bonds. The SMILES string of the molecule is CC1C[C@H]2[C@@H]3CCC4=CC(=O)C=C[C@]4(C)[C@H]3[C@@H](O)C[C@]2(C)[C@@]1(O)C(=O)CO. The number of carbonyl (C=O) groups excluding carboxylic acids is 2. The molecule has 3 fully saturated rings. The van der Waals surface area contributed by atoms with Crippen molar-refractivity contribution in [1.82, 2.24) is 0 Å². The van der Waals surface area contributed by atoms with Gasteiger partial charge < -0.3 is 15.3 Å². The van der Waals surface area contributed by atoms with Gasteiger partial charge in [0.1, 0.15) is 12.2 Å². The third-order valence-electron chi connectivity index (χ3n) is 8.65. The van der Waals surface area contributed by atoms with Crippen molar-refractivity contribution in [2.45, 2.75) is 58.2 Å². The Labute approximate surface area is 160 Å². The largest absolute Gasteiger partial charge is 0.393 e. The summed E-state index contributed by atoms with van der Waals surface area (Å²) in [6.07, 6.45) is 7.30. The van der Waals surface area contributed by atoms with Crippen LogP contribution in [-0.4, -0.2) is 45.2 Å². The number of ketones is 2. The van der Waals surface area contributed by atoms with Gasteiger partial charge >= 0.3 is 0 Å². The first-order chi connectivity index (χ1) is 12.6. The second kappa shape index (κ2) is 5.85. The predicted molar refractivity (Wildman–Crippen MR) is 99.6 cm³/mol. The minimum Gasteiger partial charge on any atom is -0.393 e. The van der Waals surface area contributed by atoms with Crippen molar-refractivity contribution >= 4 is 11.6 Å². The number of Topliss-reactive ketones (excluding diaryl/α,β-unsaturated/α-hetero) is 1. The van der Waals surface area contributed by atoms with Gasteiger partial charge in [-0.05, 0) is 55.6 Å². The predicted octanol–water partition coefficient (Wildman–Crippen LogP) is 1.80. The van der Waals surface area contributed by atoms with Crippen molar-refractivity contribution < 1.29 is 24.9 Å². The summed E-state index contributed by atoms with van der Waals surface area (Å²) in [4.78, 5) is 24.4. The van der Waals surface area contributed by atoms with E-state index >= 15 is 0 Å². The fourth-order valence-corrected chi connectivity index (χ4v) is 7.37. The van der Waals surface area contributed by atoms with Crippen LogP contribution in [0.15, 0.2) is 23.8 Å². The molecule has 4 aliphatic rings. The maximum absolute atomic E-state index is 12.6. The van der Waals surface area contributed by atoms with Gasteiger partial charge in [-0.3, -0.25) is 9.59 Å². The van der Waals surface area contributed by atoms with E-state index in [1.54, 1.807) is 12.2 Å². The van der Waals surface area contributed by atoms with Crippen molar-refractivity contribution in [2.24, 2.45) is 34.5 Å². The van der Waals surface area contributed by atoms with E-state index in [-0.39, 0.29) is 34.9 Å². The van der Waals surface area contributed by atoms with E-state index in [9.17, 15) is 24.9 Å². The van der Waals surface area contributed by atoms with Crippen LogP contribution in [0, 0.1) is 34.5 Å². The number of hydrogen-bond acceptors (Lipinski definition) is 5. The van der Waals surface area contributed by atoms with E-state index in [1.165, 1.54) is 0 Å². The number of hydrogen-bond donors (Lipinski definition) is 3. The van der Waals surface area contributed by atoms with Crippen LogP contribution < -0.4 is 0 Å². The smallest absolute Gasteiger partial charge is 0.190 e. The number of aliphatic hydroxyl groups excluding tert-OH is 2. The molecule has 4 rings (SSSR count). The molecule has 27 heavy (non-hydrogen) atoms. The third-order valence-corrected chi connectivity index (χ3v) is 8.65. The van der Waals surface area contributed by atoms with Gasteiger partial charge in [-0.15, -0.1) is 0 Å². The Morgan fingerprint density at radius 1 is 1.33 bits per heavy atom. The van der Waals surface area contributed by atoms with Crippen molar-refractivity contribution in [3.63, 3.8) is 0 Å². The van der Waals surface area contributed by atoms with Crippen molar-refractivity contribution in [3.05, 3.63) is 23.8 Å². The van der Waals surface area contributed by atoms with Gasteiger partial charge in [0.2, 0.25) is 0 Å². The lowest BCUT2D eigenvalue weighted by Gasteiger charge is -2.59. The van der Waals surface area contributed by atoms with Gasteiger partial charge in [0, 0.05) is 16.7 Å². The summed E-state index contributed by atoms with van der Waals surface area (Å²) < 4.78 is 0. The highest BCUT2D eigenvalue weighted by atomic mass is 16.3. The molecule has 8 atom stereocenters.